The lowest BCUT2D eigenvalue weighted by Gasteiger charge is -2.26. The number of allylic oxidation sites excluding steroid dienone is 1. The Morgan fingerprint density at radius 2 is 2.17 bits per heavy atom. The number of primary amides is 1. The maximum absolute atomic E-state index is 11.6. The smallest absolute Gasteiger partial charge is 0.227 e. The Hall–Kier alpha value is -1.61. The second-order valence-electron chi connectivity index (χ2n) is 4.22. The van der Waals surface area contributed by atoms with Crippen LogP contribution in [-0.4, -0.2) is 23.2 Å². The van der Waals surface area contributed by atoms with Crippen molar-refractivity contribution in [2.24, 2.45) is 22.6 Å². The third kappa shape index (κ3) is 2.99. The molecular formula is C12H15N3O2S. The summed E-state index contributed by atoms with van der Waals surface area (Å²) in [4.78, 5) is 26.6. The van der Waals surface area contributed by atoms with E-state index in [4.69, 9.17) is 11.0 Å². The van der Waals surface area contributed by atoms with Gasteiger partial charge in [-0.15, -0.1) is 0 Å². The number of amides is 1. The van der Waals surface area contributed by atoms with Gasteiger partial charge in [0.05, 0.1) is 23.3 Å². The predicted molar refractivity (Wildman–Crippen MR) is 70.7 cm³/mol. The van der Waals surface area contributed by atoms with Crippen LogP contribution in [0.5, 0.6) is 0 Å². The predicted octanol–water partition coefficient (Wildman–Crippen LogP) is 1.26. The van der Waals surface area contributed by atoms with Gasteiger partial charge in [0, 0.05) is 11.6 Å². The van der Waals surface area contributed by atoms with Gasteiger partial charge in [0.25, 0.3) is 0 Å². The van der Waals surface area contributed by atoms with E-state index in [9.17, 15) is 9.59 Å². The van der Waals surface area contributed by atoms with Gasteiger partial charge in [0.1, 0.15) is 10.8 Å². The number of thioether (sulfide) groups is 1. The number of nitrogens with two attached hydrogens (primary N) is 1. The van der Waals surface area contributed by atoms with Gasteiger partial charge in [-0.3, -0.25) is 9.59 Å². The van der Waals surface area contributed by atoms with Crippen LogP contribution in [-0.2, 0) is 9.59 Å². The molecule has 1 aliphatic heterocycles. The van der Waals surface area contributed by atoms with Crippen molar-refractivity contribution >= 4 is 29.2 Å². The van der Waals surface area contributed by atoms with Crippen molar-refractivity contribution in [3.05, 3.63) is 10.6 Å². The lowest BCUT2D eigenvalue weighted by molar-refractivity contribution is -0.119. The fraction of sp³-hybridized carbons (Fsp3) is 0.500. The molecule has 0 aromatic heterocycles. The lowest BCUT2D eigenvalue weighted by atomic mass is 9.81. The highest BCUT2D eigenvalue weighted by molar-refractivity contribution is 8.03. The summed E-state index contributed by atoms with van der Waals surface area (Å²) in [6.07, 6.45) is 0. The second kappa shape index (κ2) is 5.83. The van der Waals surface area contributed by atoms with Gasteiger partial charge in [0.2, 0.25) is 5.91 Å². The van der Waals surface area contributed by atoms with Gasteiger partial charge in [-0.2, -0.15) is 5.26 Å². The topological polar surface area (TPSA) is 96.3 Å². The molecule has 1 aliphatic rings. The molecule has 0 spiro atoms. The summed E-state index contributed by atoms with van der Waals surface area (Å²) in [5.74, 6) is -0.943. The van der Waals surface area contributed by atoms with Gasteiger partial charge in [-0.1, -0.05) is 18.7 Å². The standard InChI is InChI=1S/C12H15N3O2S/c1-6-9(4-13)12(18-5-10(14)17)15-7(2)11(6)8(3)16/h6,11H,5H2,1-3H3,(H2,14,17)/t6-,11+/m1/s1. The normalized spacial score (nSPS) is 23.3. The number of aliphatic imine (C=N–C) groups is 1. The zero-order valence-electron chi connectivity index (χ0n) is 10.6. The molecule has 2 atom stereocenters. The number of rotatable bonds is 4. The molecule has 2 N–H and O–H groups in total. The average Bonchev–Trinajstić information content (AvgIpc) is 2.25. The van der Waals surface area contributed by atoms with Crippen LogP contribution in [0.15, 0.2) is 15.6 Å². The monoisotopic (exact) mass is 265 g/mol. The maximum atomic E-state index is 11.6. The van der Waals surface area contributed by atoms with Crippen molar-refractivity contribution < 1.29 is 9.59 Å². The van der Waals surface area contributed by atoms with E-state index in [1.165, 1.54) is 6.92 Å². The molecule has 18 heavy (non-hydrogen) atoms. The molecule has 6 heteroatoms. The molecular weight excluding hydrogens is 250 g/mol. The van der Waals surface area contributed by atoms with E-state index >= 15 is 0 Å². The van der Waals surface area contributed by atoms with Crippen LogP contribution >= 0.6 is 11.8 Å². The number of carbonyl (C=O) groups excluding carboxylic acids is 2. The van der Waals surface area contributed by atoms with E-state index in [1.54, 1.807) is 6.92 Å². The van der Waals surface area contributed by atoms with Crippen LogP contribution < -0.4 is 5.73 Å². The summed E-state index contributed by atoms with van der Waals surface area (Å²) < 4.78 is 0. The molecule has 5 nitrogen and oxygen atoms in total. The summed E-state index contributed by atoms with van der Waals surface area (Å²) in [5.41, 5.74) is 6.21. The van der Waals surface area contributed by atoms with Crippen LogP contribution in [0.4, 0.5) is 0 Å². The summed E-state index contributed by atoms with van der Waals surface area (Å²) in [6.45, 7) is 5.09. The first-order chi connectivity index (χ1) is 8.38. The van der Waals surface area contributed by atoms with E-state index in [1.807, 2.05) is 6.92 Å². The Kier molecular flexibility index (Phi) is 4.68. The zero-order chi connectivity index (χ0) is 13.9. The molecule has 0 aromatic rings. The molecule has 0 radical (unpaired) electrons. The molecule has 0 unspecified atom stereocenters. The highest BCUT2D eigenvalue weighted by Gasteiger charge is 2.33. The first-order valence-electron chi connectivity index (χ1n) is 5.49. The highest BCUT2D eigenvalue weighted by atomic mass is 32.2. The minimum atomic E-state index is -0.459. The van der Waals surface area contributed by atoms with Crippen LogP contribution in [0.1, 0.15) is 20.8 Å². The fourth-order valence-corrected chi connectivity index (χ4v) is 2.93. The molecule has 0 saturated carbocycles. The number of ketones is 1. The molecule has 0 fully saturated rings. The average molecular weight is 265 g/mol. The van der Waals surface area contributed by atoms with Gasteiger partial charge >= 0.3 is 0 Å². The highest BCUT2D eigenvalue weighted by Crippen LogP contribution is 2.35. The van der Waals surface area contributed by atoms with Crippen molar-refractivity contribution in [1.82, 2.24) is 0 Å². The van der Waals surface area contributed by atoms with Gasteiger partial charge < -0.3 is 5.73 Å². The minimum absolute atomic E-state index is 0.00421. The van der Waals surface area contributed by atoms with Gasteiger partial charge in [-0.25, -0.2) is 4.99 Å². The maximum Gasteiger partial charge on any atom is 0.227 e. The molecule has 0 bridgehead atoms. The Balaban J connectivity index is 3.09. The van der Waals surface area contributed by atoms with E-state index in [2.05, 4.69) is 11.1 Å². The fourth-order valence-electron chi connectivity index (χ4n) is 2.06. The first kappa shape index (κ1) is 14.5. The second-order valence-corrected chi connectivity index (χ2v) is 5.18. The molecule has 1 amide bonds. The van der Waals surface area contributed by atoms with E-state index in [0.29, 0.717) is 16.3 Å². The summed E-state index contributed by atoms with van der Waals surface area (Å²) in [7, 11) is 0. The van der Waals surface area contributed by atoms with Crippen molar-refractivity contribution in [3.63, 3.8) is 0 Å². The third-order valence-corrected chi connectivity index (χ3v) is 3.84. The number of carbonyl (C=O) groups is 2. The quantitative estimate of drug-likeness (QED) is 0.827. The van der Waals surface area contributed by atoms with Crippen molar-refractivity contribution in [1.29, 1.82) is 5.26 Å². The Bertz CT molecular complexity index is 488. The van der Waals surface area contributed by atoms with Gasteiger partial charge in [0.15, 0.2) is 0 Å². The Labute approximate surface area is 110 Å². The SMILES string of the molecule is CC(=O)[C@@H]1C(C)=NC(SCC(N)=O)=C(C#N)[C@H]1C. The van der Waals surface area contributed by atoms with Crippen LogP contribution in [0, 0.1) is 23.2 Å². The Morgan fingerprint density at radius 3 is 2.61 bits per heavy atom. The third-order valence-electron chi connectivity index (χ3n) is 2.82. The summed E-state index contributed by atoms with van der Waals surface area (Å²) in [5, 5.41) is 9.66. The number of hydrogen-bond acceptors (Lipinski definition) is 5. The first-order valence-corrected chi connectivity index (χ1v) is 6.48. The summed E-state index contributed by atoms with van der Waals surface area (Å²) >= 11 is 1.14. The molecule has 0 aliphatic carbocycles. The molecule has 1 heterocycles. The van der Waals surface area contributed by atoms with E-state index in [-0.39, 0.29) is 23.4 Å². The molecule has 0 saturated heterocycles. The molecule has 0 aromatic carbocycles. The van der Waals surface area contributed by atoms with Crippen LogP contribution in [0.25, 0.3) is 0 Å². The minimum Gasteiger partial charge on any atom is -0.369 e. The van der Waals surface area contributed by atoms with Crippen molar-refractivity contribution in [2.45, 2.75) is 20.8 Å². The number of hydrogen-bond donors (Lipinski definition) is 1. The van der Waals surface area contributed by atoms with E-state index < -0.39 is 5.91 Å². The summed E-state index contributed by atoms with van der Waals surface area (Å²) in [6, 6.07) is 2.08. The number of nitrogens with zero attached hydrogens (tertiary/aromatic N) is 2. The van der Waals surface area contributed by atoms with Crippen LogP contribution in [0.2, 0.25) is 0 Å². The van der Waals surface area contributed by atoms with Crippen molar-refractivity contribution in [3.8, 4) is 6.07 Å². The number of nitriles is 1. The largest absolute Gasteiger partial charge is 0.369 e. The van der Waals surface area contributed by atoms with Crippen molar-refractivity contribution in [2.75, 3.05) is 5.75 Å². The van der Waals surface area contributed by atoms with Gasteiger partial charge in [-0.05, 0) is 13.8 Å². The number of Topliss-reactive ketones (excluding diaryl/α,β-unsaturated/α-hetero) is 1. The molecule has 1 rings (SSSR count). The zero-order valence-corrected chi connectivity index (χ0v) is 11.4. The lowest BCUT2D eigenvalue weighted by Crippen LogP contribution is -2.31. The Morgan fingerprint density at radius 1 is 1.56 bits per heavy atom. The van der Waals surface area contributed by atoms with E-state index in [0.717, 1.165) is 11.8 Å². The molecule has 96 valence electrons. The van der Waals surface area contributed by atoms with Crippen LogP contribution in [0.3, 0.4) is 0 Å².